The summed E-state index contributed by atoms with van der Waals surface area (Å²) in [6, 6.07) is 0.940. The molecular formula is C22H23F5N8O. The second-order valence-corrected chi connectivity index (χ2v) is 8.80. The molecule has 3 aromatic rings. The molecular weight excluding hydrogens is 487 g/mol. The lowest BCUT2D eigenvalue weighted by atomic mass is 9.88. The molecule has 4 heterocycles. The minimum absolute atomic E-state index is 0.0581. The summed E-state index contributed by atoms with van der Waals surface area (Å²) in [6.45, 7) is 2.43. The van der Waals surface area contributed by atoms with E-state index in [1.807, 2.05) is 0 Å². The fraction of sp³-hybridized carbons (Fsp3) is 0.455. The fourth-order valence-corrected chi connectivity index (χ4v) is 4.17. The maximum absolute atomic E-state index is 14.6. The van der Waals surface area contributed by atoms with E-state index in [1.54, 1.807) is 27.0 Å². The number of rotatable bonds is 5. The van der Waals surface area contributed by atoms with Crippen molar-refractivity contribution in [3.8, 4) is 11.4 Å². The Bertz CT molecular complexity index is 1240. The smallest absolute Gasteiger partial charge is 0.352 e. The van der Waals surface area contributed by atoms with E-state index in [0.29, 0.717) is 23.7 Å². The van der Waals surface area contributed by atoms with Crippen LogP contribution in [0.4, 0.5) is 27.9 Å². The number of alkyl halides is 5. The molecule has 3 aromatic heterocycles. The minimum atomic E-state index is -4.59. The topological polar surface area (TPSA) is 102 Å². The second-order valence-electron chi connectivity index (χ2n) is 8.80. The highest BCUT2D eigenvalue weighted by Crippen LogP contribution is 2.36. The van der Waals surface area contributed by atoms with E-state index in [-0.39, 0.29) is 24.0 Å². The van der Waals surface area contributed by atoms with Crippen molar-refractivity contribution in [3.63, 3.8) is 0 Å². The summed E-state index contributed by atoms with van der Waals surface area (Å²) < 4.78 is 68.8. The Balaban J connectivity index is 1.61. The van der Waals surface area contributed by atoms with Gasteiger partial charge in [0.05, 0.1) is 23.7 Å². The third-order valence-corrected chi connectivity index (χ3v) is 5.86. The molecule has 1 aliphatic rings. The van der Waals surface area contributed by atoms with Crippen LogP contribution in [0.1, 0.15) is 35.1 Å². The summed E-state index contributed by atoms with van der Waals surface area (Å²) in [4.78, 5) is 30.4. The summed E-state index contributed by atoms with van der Waals surface area (Å²) in [7, 11) is 1.59. The molecule has 0 bridgehead atoms. The third-order valence-electron chi connectivity index (χ3n) is 5.86. The van der Waals surface area contributed by atoms with Crippen LogP contribution >= 0.6 is 0 Å². The average Bonchev–Trinajstić information content (AvgIpc) is 3.18. The molecule has 4 rings (SSSR count). The molecule has 1 saturated heterocycles. The van der Waals surface area contributed by atoms with Crippen LogP contribution in [0.5, 0.6) is 0 Å². The Morgan fingerprint density at radius 2 is 1.92 bits per heavy atom. The van der Waals surface area contributed by atoms with Crippen LogP contribution in [0.3, 0.4) is 0 Å². The van der Waals surface area contributed by atoms with Crippen LogP contribution in [-0.2, 0) is 13.2 Å². The molecule has 2 atom stereocenters. The first-order chi connectivity index (χ1) is 16.8. The van der Waals surface area contributed by atoms with Gasteiger partial charge in [-0.2, -0.15) is 18.3 Å². The Hall–Kier alpha value is -3.71. The Labute approximate surface area is 202 Å². The number of aryl methyl sites for hydroxylation is 2. The molecule has 14 heteroatoms. The van der Waals surface area contributed by atoms with Crippen molar-refractivity contribution in [1.29, 1.82) is 0 Å². The largest absolute Gasteiger partial charge is 0.419 e. The molecule has 36 heavy (non-hydrogen) atoms. The summed E-state index contributed by atoms with van der Waals surface area (Å²) in [5, 5.41) is 6.97. The van der Waals surface area contributed by atoms with Crippen molar-refractivity contribution in [2.45, 2.75) is 38.4 Å². The van der Waals surface area contributed by atoms with Gasteiger partial charge in [0.2, 0.25) is 5.95 Å². The van der Waals surface area contributed by atoms with Gasteiger partial charge < -0.3 is 10.2 Å². The van der Waals surface area contributed by atoms with E-state index >= 15 is 0 Å². The number of hydrogen-bond acceptors (Lipinski definition) is 7. The molecule has 0 aromatic carbocycles. The number of piperidine rings is 1. The van der Waals surface area contributed by atoms with E-state index < -0.39 is 48.5 Å². The highest BCUT2D eigenvalue weighted by Gasteiger charge is 2.47. The van der Waals surface area contributed by atoms with Crippen LogP contribution in [0, 0.1) is 12.8 Å². The number of anilines is 1. The summed E-state index contributed by atoms with van der Waals surface area (Å²) in [5.41, 5.74) is -0.148. The molecule has 0 radical (unpaired) electrons. The lowest BCUT2D eigenvalue weighted by Gasteiger charge is -2.43. The van der Waals surface area contributed by atoms with Crippen LogP contribution in [-0.4, -0.2) is 65.6 Å². The van der Waals surface area contributed by atoms with E-state index in [9.17, 15) is 26.7 Å². The second kappa shape index (κ2) is 9.39. The number of carbonyl (C=O) groups is 1. The maximum atomic E-state index is 14.6. The number of hydrogen-bond donors (Lipinski definition) is 1. The van der Waals surface area contributed by atoms with Crippen molar-refractivity contribution < 1.29 is 26.7 Å². The highest BCUT2D eigenvalue weighted by atomic mass is 19.4. The molecule has 9 nitrogen and oxygen atoms in total. The SMILES string of the molecule is Cc1ccnc(-c2cn(C)nc2C(=O)N2CC(F)(F)CC(C)[C@H]2CNc2ncc(C(F)(F)F)cn2)n1. The zero-order valence-electron chi connectivity index (χ0n) is 19.6. The first-order valence-electron chi connectivity index (χ1n) is 11.0. The normalized spacial score (nSPS) is 19.8. The Morgan fingerprint density at radius 1 is 1.22 bits per heavy atom. The van der Waals surface area contributed by atoms with E-state index in [2.05, 4.69) is 30.4 Å². The average molecular weight is 510 g/mol. The van der Waals surface area contributed by atoms with Crippen LogP contribution in [0.25, 0.3) is 11.4 Å². The van der Waals surface area contributed by atoms with Crippen LogP contribution in [0.2, 0.25) is 0 Å². The van der Waals surface area contributed by atoms with Gasteiger partial charge in [-0.3, -0.25) is 9.48 Å². The third kappa shape index (κ3) is 5.41. The van der Waals surface area contributed by atoms with Gasteiger partial charge in [0.15, 0.2) is 11.5 Å². The molecule has 1 unspecified atom stereocenters. The number of halogens is 5. The summed E-state index contributed by atoms with van der Waals surface area (Å²) in [6.07, 6.45) is -0.749. The standard InChI is InChI=1S/C22H23F5N8O/c1-12-6-21(23,24)11-35(16(12)9-31-20-29-7-14(8-30-20)22(25,26)27)19(36)17-15(10-34(3)33-17)18-28-5-4-13(2)32-18/h4-5,7-8,10,12,16H,6,9,11H2,1-3H3,(H,29,30,31)/t12?,16-/m1/s1. The minimum Gasteiger partial charge on any atom is -0.352 e. The lowest BCUT2D eigenvalue weighted by Crippen LogP contribution is -2.57. The van der Waals surface area contributed by atoms with Gasteiger partial charge in [-0.05, 0) is 18.9 Å². The number of aromatic nitrogens is 6. The van der Waals surface area contributed by atoms with E-state index in [4.69, 9.17) is 0 Å². The highest BCUT2D eigenvalue weighted by molar-refractivity contribution is 5.98. The predicted octanol–water partition coefficient (Wildman–Crippen LogP) is 3.59. The quantitative estimate of drug-likeness (QED) is 0.524. The van der Waals surface area contributed by atoms with Crippen molar-refractivity contribution >= 4 is 11.9 Å². The maximum Gasteiger partial charge on any atom is 0.419 e. The molecule has 0 saturated carbocycles. The van der Waals surface area contributed by atoms with Crippen molar-refractivity contribution in [2.24, 2.45) is 13.0 Å². The van der Waals surface area contributed by atoms with E-state index in [1.165, 1.54) is 17.1 Å². The first kappa shape index (κ1) is 25.4. The first-order valence-corrected chi connectivity index (χ1v) is 11.0. The van der Waals surface area contributed by atoms with Crippen molar-refractivity contribution in [3.05, 3.63) is 47.8 Å². The van der Waals surface area contributed by atoms with Crippen molar-refractivity contribution in [2.75, 3.05) is 18.4 Å². The van der Waals surface area contributed by atoms with Gasteiger partial charge in [0, 0.05) is 50.5 Å². The number of likely N-dealkylation sites (tertiary alicyclic amines) is 1. The van der Waals surface area contributed by atoms with Gasteiger partial charge in [-0.1, -0.05) is 6.92 Å². The summed E-state index contributed by atoms with van der Waals surface area (Å²) in [5.74, 6) is -4.41. The molecule has 1 N–H and O–H groups in total. The zero-order chi connectivity index (χ0) is 26.3. The van der Waals surface area contributed by atoms with Crippen molar-refractivity contribution in [1.82, 2.24) is 34.6 Å². The Kier molecular flexibility index (Phi) is 6.62. The molecule has 0 spiro atoms. The van der Waals surface area contributed by atoms with E-state index in [0.717, 1.165) is 4.90 Å². The number of nitrogens with one attached hydrogen (secondary N) is 1. The van der Waals surface area contributed by atoms with Gasteiger partial charge in [0.25, 0.3) is 11.8 Å². The molecule has 1 aliphatic heterocycles. The number of carbonyl (C=O) groups excluding carboxylic acids is 1. The summed E-state index contributed by atoms with van der Waals surface area (Å²) >= 11 is 0. The molecule has 1 amide bonds. The van der Waals surface area contributed by atoms with Crippen LogP contribution < -0.4 is 5.32 Å². The molecule has 0 aliphatic carbocycles. The number of nitrogens with zero attached hydrogens (tertiary/aromatic N) is 7. The number of amides is 1. The predicted molar refractivity (Wildman–Crippen MR) is 118 cm³/mol. The van der Waals surface area contributed by atoms with Gasteiger partial charge in [-0.15, -0.1) is 0 Å². The van der Waals surface area contributed by atoms with Gasteiger partial charge in [-0.25, -0.2) is 28.7 Å². The van der Waals surface area contributed by atoms with Gasteiger partial charge in [0.1, 0.15) is 0 Å². The molecule has 192 valence electrons. The monoisotopic (exact) mass is 510 g/mol. The zero-order valence-corrected chi connectivity index (χ0v) is 19.6. The Morgan fingerprint density at radius 3 is 2.56 bits per heavy atom. The fourth-order valence-electron chi connectivity index (χ4n) is 4.17. The lowest BCUT2D eigenvalue weighted by molar-refractivity contribution is -0.138. The van der Waals surface area contributed by atoms with Gasteiger partial charge >= 0.3 is 6.18 Å². The van der Waals surface area contributed by atoms with Crippen LogP contribution in [0.15, 0.2) is 30.9 Å². The molecule has 1 fully saturated rings.